The predicted molar refractivity (Wildman–Crippen MR) is 48.9 cm³/mol. The summed E-state index contributed by atoms with van der Waals surface area (Å²) in [6, 6.07) is 0.442. The van der Waals surface area contributed by atoms with Gasteiger partial charge in [0.05, 0.1) is 11.7 Å². The lowest BCUT2D eigenvalue weighted by atomic mass is 10.1. The molecule has 0 bridgehead atoms. The molecule has 3 nitrogen and oxygen atoms in total. The molecular formula is C9H17N3. The molecule has 3 heteroatoms. The molecule has 0 aromatic carbocycles. The lowest BCUT2D eigenvalue weighted by Gasteiger charge is -2.14. The third kappa shape index (κ3) is 1.84. The molecule has 1 heterocycles. The van der Waals surface area contributed by atoms with E-state index < -0.39 is 0 Å². The molecule has 0 aliphatic heterocycles. The molecule has 1 aromatic rings. The van der Waals surface area contributed by atoms with Crippen LogP contribution in [0.3, 0.4) is 0 Å². The van der Waals surface area contributed by atoms with Gasteiger partial charge in [-0.25, -0.2) is 4.68 Å². The molecule has 1 unspecified atom stereocenters. The van der Waals surface area contributed by atoms with E-state index in [9.17, 15) is 0 Å². The van der Waals surface area contributed by atoms with Crippen LogP contribution in [0.1, 0.15) is 39.4 Å². The van der Waals surface area contributed by atoms with Gasteiger partial charge in [-0.2, -0.15) is 0 Å². The Morgan fingerprint density at radius 2 is 2.08 bits per heavy atom. The second kappa shape index (κ2) is 3.70. The van der Waals surface area contributed by atoms with Gasteiger partial charge in [0.1, 0.15) is 0 Å². The van der Waals surface area contributed by atoms with Crippen molar-refractivity contribution in [2.24, 2.45) is 5.92 Å². The van der Waals surface area contributed by atoms with Gasteiger partial charge in [0, 0.05) is 6.20 Å². The molecule has 0 amide bonds. The first kappa shape index (κ1) is 9.23. The van der Waals surface area contributed by atoms with E-state index in [0.717, 1.165) is 12.1 Å². The summed E-state index contributed by atoms with van der Waals surface area (Å²) in [5.41, 5.74) is 1.07. The fourth-order valence-corrected chi connectivity index (χ4v) is 0.980. The van der Waals surface area contributed by atoms with Gasteiger partial charge in [0.2, 0.25) is 0 Å². The fraction of sp³-hybridized carbons (Fsp3) is 0.778. The fourth-order valence-electron chi connectivity index (χ4n) is 0.980. The second-order valence-electron chi connectivity index (χ2n) is 3.53. The minimum atomic E-state index is 0.442. The minimum absolute atomic E-state index is 0.442. The molecule has 0 N–H and O–H groups in total. The molecule has 1 aromatic heterocycles. The van der Waals surface area contributed by atoms with E-state index >= 15 is 0 Å². The average molecular weight is 167 g/mol. The lowest BCUT2D eigenvalue weighted by molar-refractivity contribution is 0.368. The highest BCUT2D eigenvalue weighted by Crippen LogP contribution is 2.14. The van der Waals surface area contributed by atoms with Crippen LogP contribution in [0, 0.1) is 5.92 Å². The van der Waals surface area contributed by atoms with Gasteiger partial charge in [-0.15, -0.1) is 5.10 Å². The molecule has 0 aliphatic rings. The quantitative estimate of drug-likeness (QED) is 0.690. The molecule has 12 heavy (non-hydrogen) atoms. The summed E-state index contributed by atoms with van der Waals surface area (Å²) in [7, 11) is 0. The Balaban J connectivity index is 2.74. The number of aromatic nitrogens is 3. The van der Waals surface area contributed by atoms with E-state index in [-0.39, 0.29) is 0 Å². The summed E-state index contributed by atoms with van der Waals surface area (Å²) in [6.45, 7) is 8.64. The average Bonchev–Trinajstić information content (AvgIpc) is 2.50. The smallest absolute Gasteiger partial charge is 0.0824 e. The molecule has 68 valence electrons. The topological polar surface area (TPSA) is 30.7 Å². The zero-order valence-electron chi connectivity index (χ0n) is 8.28. The third-order valence-corrected chi connectivity index (χ3v) is 2.30. The van der Waals surface area contributed by atoms with E-state index in [0.29, 0.717) is 12.0 Å². The highest BCUT2D eigenvalue weighted by molar-refractivity contribution is 4.92. The van der Waals surface area contributed by atoms with Crippen LogP contribution in [-0.2, 0) is 6.42 Å². The Morgan fingerprint density at radius 3 is 2.50 bits per heavy atom. The summed E-state index contributed by atoms with van der Waals surface area (Å²) in [5.74, 6) is 0.608. The Bertz CT molecular complexity index is 240. The van der Waals surface area contributed by atoms with Gasteiger partial charge >= 0.3 is 0 Å². The van der Waals surface area contributed by atoms with E-state index in [1.54, 1.807) is 0 Å². The van der Waals surface area contributed by atoms with Crippen molar-refractivity contribution < 1.29 is 0 Å². The van der Waals surface area contributed by atoms with Gasteiger partial charge in [0.25, 0.3) is 0 Å². The molecule has 0 aliphatic carbocycles. The maximum atomic E-state index is 4.07. The van der Waals surface area contributed by atoms with Crippen molar-refractivity contribution in [2.45, 2.75) is 40.2 Å². The monoisotopic (exact) mass is 167 g/mol. The predicted octanol–water partition coefficient (Wildman–Crippen LogP) is 2.06. The molecule has 0 saturated carbocycles. The SMILES string of the molecule is CCc1cn(C(C)C(C)C)nn1. The van der Waals surface area contributed by atoms with Crippen molar-refractivity contribution >= 4 is 0 Å². The number of hydrogen-bond donors (Lipinski definition) is 0. The van der Waals surface area contributed by atoms with Crippen molar-refractivity contribution in [3.05, 3.63) is 11.9 Å². The van der Waals surface area contributed by atoms with Crippen molar-refractivity contribution in [3.8, 4) is 0 Å². The minimum Gasteiger partial charge on any atom is -0.249 e. The maximum absolute atomic E-state index is 4.07. The van der Waals surface area contributed by atoms with Crippen LogP contribution in [0.15, 0.2) is 6.20 Å². The first-order valence-corrected chi connectivity index (χ1v) is 4.55. The Hall–Kier alpha value is -0.860. The van der Waals surface area contributed by atoms with E-state index in [4.69, 9.17) is 0 Å². The van der Waals surface area contributed by atoms with Gasteiger partial charge < -0.3 is 0 Å². The summed E-state index contributed by atoms with van der Waals surface area (Å²) in [4.78, 5) is 0. The van der Waals surface area contributed by atoms with Crippen molar-refractivity contribution in [1.29, 1.82) is 0 Å². The van der Waals surface area contributed by atoms with Crippen LogP contribution < -0.4 is 0 Å². The largest absolute Gasteiger partial charge is 0.249 e. The number of nitrogens with zero attached hydrogens (tertiary/aromatic N) is 3. The van der Waals surface area contributed by atoms with Crippen molar-refractivity contribution in [1.82, 2.24) is 15.0 Å². The van der Waals surface area contributed by atoms with Crippen LogP contribution in [0.5, 0.6) is 0 Å². The molecule has 0 fully saturated rings. The normalized spacial score (nSPS) is 13.8. The van der Waals surface area contributed by atoms with Crippen LogP contribution in [0.2, 0.25) is 0 Å². The van der Waals surface area contributed by atoms with E-state index in [2.05, 4.69) is 38.0 Å². The van der Waals surface area contributed by atoms with Gasteiger partial charge in [-0.1, -0.05) is 26.0 Å². The summed E-state index contributed by atoms with van der Waals surface area (Å²) >= 11 is 0. The molecule has 0 spiro atoms. The standard InChI is InChI=1S/C9H17N3/c1-5-9-6-12(11-10-9)8(4)7(2)3/h6-8H,5H2,1-4H3. The van der Waals surface area contributed by atoms with Crippen LogP contribution >= 0.6 is 0 Å². The zero-order valence-corrected chi connectivity index (χ0v) is 8.28. The van der Waals surface area contributed by atoms with Crippen LogP contribution in [-0.4, -0.2) is 15.0 Å². The van der Waals surface area contributed by atoms with Crippen LogP contribution in [0.4, 0.5) is 0 Å². The first-order valence-electron chi connectivity index (χ1n) is 4.55. The Labute approximate surface area is 73.8 Å². The Kier molecular flexibility index (Phi) is 2.84. The molecular weight excluding hydrogens is 150 g/mol. The molecule has 0 radical (unpaired) electrons. The summed E-state index contributed by atoms with van der Waals surface area (Å²) in [5, 5.41) is 8.13. The number of hydrogen-bond acceptors (Lipinski definition) is 2. The third-order valence-electron chi connectivity index (χ3n) is 2.30. The molecule has 1 atom stereocenters. The lowest BCUT2D eigenvalue weighted by Crippen LogP contribution is -2.11. The van der Waals surface area contributed by atoms with E-state index in [1.807, 2.05) is 10.9 Å². The van der Waals surface area contributed by atoms with Crippen molar-refractivity contribution in [3.63, 3.8) is 0 Å². The van der Waals surface area contributed by atoms with Crippen molar-refractivity contribution in [2.75, 3.05) is 0 Å². The second-order valence-corrected chi connectivity index (χ2v) is 3.53. The van der Waals surface area contributed by atoms with Gasteiger partial charge in [-0.3, -0.25) is 0 Å². The first-order chi connectivity index (χ1) is 5.65. The Morgan fingerprint density at radius 1 is 1.42 bits per heavy atom. The highest BCUT2D eigenvalue weighted by atomic mass is 15.4. The number of aryl methyl sites for hydroxylation is 1. The van der Waals surface area contributed by atoms with E-state index in [1.165, 1.54) is 0 Å². The van der Waals surface area contributed by atoms with Gasteiger partial charge in [-0.05, 0) is 19.3 Å². The zero-order chi connectivity index (χ0) is 9.14. The maximum Gasteiger partial charge on any atom is 0.0824 e. The molecule has 1 rings (SSSR count). The highest BCUT2D eigenvalue weighted by Gasteiger charge is 2.10. The van der Waals surface area contributed by atoms with Gasteiger partial charge in [0.15, 0.2) is 0 Å². The molecule has 0 saturated heterocycles. The number of rotatable bonds is 3. The van der Waals surface area contributed by atoms with Crippen LogP contribution in [0.25, 0.3) is 0 Å². The summed E-state index contributed by atoms with van der Waals surface area (Å²) < 4.78 is 1.95. The summed E-state index contributed by atoms with van der Waals surface area (Å²) in [6.07, 6.45) is 3.00.